The van der Waals surface area contributed by atoms with E-state index in [0.717, 1.165) is 5.56 Å². The minimum atomic E-state index is -0.477. The summed E-state index contributed by atoms with van der Waals surface area (Å²) in [6.07, 6.45) is 0.141. The summed E-state index contributed by atoms with van der Waals surface area (Å²) in [6.45, 7) is 3.22. The molecule has 0 radical (unpaired) electrons. The number of carbonyl (C=O) groups excluding carboxylic acids is 1. The molecule has 0 bridgehead atoms. The fourth-order valence-corrected chi connectivity index (χ4v) is 3.80. The zero-order valence-electron chi connectivity index (χ0n) is 16.6. The molecule has 2 heterocycles. The number of amides is 1. The van der Waals surface area contributed by atoms with Gasteiger partial charge in [-0.05, 0) is 29.8 Å². The molecule has 1 saturated heterocycles. The Morgan fingerprint density at radius 2 is 1.93 bits per heavy atom. The van der Waals surface area contributed by atoms with Gasteiger partial charge in [0, 0.05) is 32.6 Å². The van der Waals surface area contributed by atoms with E-state index in [4.69, 9.17) is 9.15 Å². The van der Waals surface area contributed by atoms with E-state index < -0.39 is 5.76 Å². The Morgan fingerprint density at radius 3 is 2.73 bits per heavy atom. The highest BCUT2D eigenvalue weighted by Crippen LogP contribution is 2.22. The predicted octanol–water partition coefficient (Wildman–Crippen LogP) is 2.31. The van der Waals surface area contributed by atoms with Crippen molar-refractivity contribution in [3.05, 3.63) is 70.5 Å². The standard InChI is InChI=1S/C22H24FN3O4/c23-17-5-3-4-16(14-17)19(25-10-12-29-13-11-25)15-24-21(27)8-9-26-18-6-1-2-7-20(18)30-22(26)28/h1-7,14,19H,8-13,15H2,(H,24,27). The van der Waals surface area contributed by atoms with E-state index >= 15 is 0 Å². The van der Waals surface area contributed by atoms with Gasteiger partial charge in [0.05, 0.1) is 24.8 Å². The lowest BCUT2D eigenvalue weighted by molar-refractivity contribution is -0.121. The number of ether oxygens (including phenoxy) is 1. The fourth-order valence-electron chi connectivity index (χ4n) is 3.80. The molecule has 0 aliphatic carbocycles. The lowest BCUT2D eigenvalue weighted by Gasteiger charge is -2.35. The number of oxazole rings is 1. The third kappa shape index (κ3) is 4.60. The monoisotopic (exact) mass is 413 g/mol. The van der Waals surface area contributed by atoms with Gasteiger partial charge in [-0.25, -0.2) is 9.18 Å². The normalized spacial score (nSPS) is 15.9. The number of benzene rings is 2. The number of fused-ring (bicyclic) bond motifs is 1. The molecule has 3 aromatic rings. The van der Waals surface area contributed by atoms with Crippen molar-refractivity contribution in [1.29, 1.82) is 0 Å². The molecule has 1 aliphatic rings. The minimum Gasteiger partial charge on any atom is -0.408 e. The average Bonchev–Trinajstić information content (AvgIpc) is 3.08. The Morgan fingerprint density at radius 1 is 1.13 bits per heavy atom. The van der Waals surface area contributed by atoms with Crippen LogP contribution in [0.2, 0.25) is 0 Å². The first-order valence-electron chi connectivity index (χ1n) is 10.0. The molecule has 1 fully saturated rings. The number of para-hydroxylation sites is 2. The zero-order chi connectivity index (χ0) is 20.9. The highest BCUT2D eigenvalue weighted by molar-refractivity contribution is 5.76. The molecule has 4 rings (SSSR count). The van der Waals surface area contributed by atoms with Crippen molar-refractivity contribution in [1.82, 2.24) is 14.8 Å². The van der Waals surface area contributed by atoms with Crippen LogP contribution in [0.1, 0.15) is 18.0 Å². The summed E-state index contributed by atoms with van der Waals surface area (Å²) < 4.78 is 25.8. The molecule has 158 valence electrons. The summed E-state index contributed by atoms with van der Waals surface area (Å²) in [5.41, 5.74) is 1.98. The van der Waals surface area contributed by atoms with E-state index in [9.17, 15) is 14.0 Å². The van der Waals surface area contributed by atoms with Gasteiger partial charge in [0.1, 0.15) is 5.82 Å². The summed E-state index contributed by atoms with van der Waals surface area (Å²) in [5, 5.41) is 2.94. The van der Waals surface area contributed by atoms with E-state index in [0.29, 0.717) is 43.9 Å². The van der Waals surface area contributed by atoms with E-state index in [2.05, 4.69) is 10.2 Å². The van der Waals surface area contributed by atoms with Gasteiger partial charge in [0.2, 0.25) is 5.91 Å². The van der Waals surface area contributed by atoms with Crippen molar-refractivity contribution in [3.63, 3.8) is 0 Å². The molecule has 0 spiro atoms. The highest BCUT2D eigenvalue weighted by atomic mass is 19.1. The zero-order valence-corrected chi connectivity index (χ0v) is 16.6. The van der Waals surface area contributed by atoms with Gasteiger partial charge in [-0.1, -0.05) is 24.3 Å². The third-order valence-corrected chi connectivity index (χ3v) is 5.35. The molecule has 7 nitrogen and oxygen atoms in total. The molecular formula is C22H24FN3O4. The third-order valence-electron chi connectivity index (χ3n) is 5.35. The van der Waals surface area contributed by atoms with E-state index in [1.165, 1.54) is 16.7 Å². The number of nitrogens with zero attached hydrogens (tertiary/aromatic N) is 2. The summed E-state index contributed by atoms with van der Waals surface area (Å²) in [6, 6.07) is 13.4. The van der Waals surface area contributed by atoms with Crippen LogP contribution in [0.5, 0.6) is 0 Å². The maximum Gasteiger partial charge on any atom is 0.419 e. The van der Waals surface area contributed by atoms with Crippen LogP contribution in [0.15, 0.2) is 57.7 Å². The van der Waals surface area contributed by atoms with Gasteiger partial charge in [-0.3, -0.25) is 14.3 Å². The number of hydrogen-bond acceptors (Lipinski definition) is 5. The smallest absolute Gasteiger partial charge is 0.408 e. The fraction of sp³-hybridized carbons (Fsp3) is 0.364. The molecule has 1 aliphatic heterocycles. The lowest BCUT2D eigenvalue weighted by Crippen LogP contribution is -2.44. The number of morpholine rings is 1. The quantitative estimate of drug-likeness (QED) is 0.643. The van der Waals surface area contributed by atoms with E-state index in [1.807, 2.05) is 12.1 Å². The summed E-state index contributed by atoms with van der Waals surface area (Å²) in [5.74, 6) is -0.958. The van der Waals surface area contributed by atoms with Crippen LogP contribution in [-0.4, -0.2) is 48.2 Å². The number of rotatable bonds is 7. The van der Waals surface area contributed by atoms with Gasteiger partial charge in [0.25, 0.3) is 0 Å². The van der Waals surface area contributed by atoms with Gasteiger partial charge in [0.15, 0.2) is 5.58 Å². The molecule has 1 atom stereocenters. The van der Waals surface area contributed by atoms with E-state index in [-0.39, 0.29) is 30.7 Å². The van der Waals surface area contributed by atoms with Gasteiger partial charge >= 0.3 is 5.76 Å². The molecule has 1 aromatic heterocycles. The van der Waals surface area contributed by atoms with Crippen molar-refractivity contribution in [3.8, 4) is 0 Å². The van der Waals surface area contributed by atoms with Crippen molar-refractivity contribution < 1.29 is 18.3 Å². The lowest BCUT2D eigenvalue weighted by atomic mass is 10.0. The average molecular weight is 413 g/mol. The number of hydrogen-bond donors (Lipinski definition) is 1. The molecule has 1 amide bonds. The maximum absolute atomic E-state index is 13.8. The number of nitrogens with one attached hydrogen (secondary N) is 1. The Kier molecular flexibility index (Phi) is 6.25. The highest BCUT2D eigenvalue weighted by Gasteiger charge is 2.23. The molecule has 1 N–H and O–H groups in total. The first-order chi connectivity index (χ1) is 14.6. The largest absolute Gasteiger partial charge is 0.419 e. The van der Waals surface area contributed by atoms with Crippen LogP contribution in [0.3, 0.4) is 0 Å². The van der Waals surface area contributed by atoms with Crippen molar-refractivity contribution >= 4 is 17.0 Å². The number of aryl methyl sites for hydroxylation is 1. The van der Waals surface area contributed by atoms with Crippen LogP contribution in [-0.2, 0) is 16.1 Å². The predicted molar refractivity (Wildman–Crippen MR) is 110 cm³/mol. The molecular weight excluding hydrogens is 389 g/mol. The Labute approximate surface area is 173 Å². The summed E-state index contributed by atoms with van der Waals surface area (Å²) in [7, 11) is 0. The van der Waals surface area contributed by atoms with Crippen molar-refractivity contribution in [2.45, 2.75) is 19.0 Å². The molecule has 8 heteroatoms. The van der Waals surface area contributed by atoms with Gasteiger partial charge in [-0.15, -0.1) is 0 Å². The number of carbonyl (C=O) groups is 1. The van der Waals surface area contributed by atoms with Crippen molar-refractivity contribution in [2.75, 3.05) is 32.8 Å². The first-order valence-corrected chi connectivity index (χ1v) is 10.0. The van der Waals surface area contributed by atoms with Crippen LogP contribution in [0, 0.1) is 5.82 Å². The van der Waals surface area contributed by atoms with Crippen LogP contribution in [0.25, 0.3) is 11.1 Å². The Hall–Kier alpha value is -2.97. The first kappa shape index (κ1) is 20.3. The second-order valence-electron chi connectivity index (χ2n) is 7.26. The minimum absolute atomic E-state index is 0.141. The number of aromatic nitrogens is 1. The van der Waals surface area contributed by atoms with Gasteiger partial charge < -0.3 is 14.5 Å². The SMILES string of the molecule is O=C(CCn1c(=O)oc2ccccc21)NCC(c1cccc(F)c1)N1CCOCC1. The summed E-state index contributed by atoms with van der Waals surface area (Å²) >= 11 is 0. The van der Waals surface area contributed by atoms with E-state index in [1.54, 1.807) is 24.3 Å². The second-order valence-corrected chi connectivity index (χ2v) is 7.26. The second kappa shape index (κ2) is 9.23. The number of halogens is 1. The molecule has 0 saturated carbocycles. The van der Waals surface area contributed by atoms with Crippen molar-refractivity contribution in [2.24, 2.45) is 0 Å². The Bertz CT molecular complexity index is 1070. The topological polar surface area (TPSA) is 76.7 Å². The summed E-state index contributed by atoms with van der Waals surface area (Å²) in [4.78, 5) is 26.7. The molecule has 2 aromatic carbocycles. The molecule has 1 unspecified atom stereocenters. The van der Waals surface area contributed by atoms with Crippen LogP contribution >= 0.6 is 0 Å². The van der Waals surface area contributed by atoms with Gasteiger partial charge in [-0.2, -0.15) is 0 Å². The Balaban J connectivity index is 1.41. The molecule has 30 heavy (non-hydrogen) atoms. The van der Waals surface area contributed by atoms with Crippen LogP contribution < -0.4 is 11.1 Å². The van der Waals surface area contributed by atoms with Crippen LogP contribution in [0.4, 0.5) is 4.39 Å². The maximum atomic E-state index is 13.8.